The minimum absolute atomic E-state index is 0.283. The highest BCUT2D eigenvalue weighted by Crippen LogP contribution is 2.33. The molecule has 0 radical (unpaired) electrons. The highest BCUT2D eigenvalue weighted by Gasteiger charge is 2.30. The van der Waals surface area contributed by atoms with Crippen LogP contribution in [0.25, 0.3) is 11.3 Å². The van der Waals surface area contributed by atoms with Crippen LogP contribution in [0.2, 0.25) is 5.15 Å². The summed E-state index contributed by atoms with van der Waals surface area (Å²) in [6, 6.07) is 5.12. The zero-order valence-electron chi connectivity index (χ0n) is 10.9. The summed E-state index contributed by atoms with van der Waals surface area (Å²) in [5.41, 5.74) is 0.983. The molecule has 0 amide bonds. The quantitative estimate of drug-likeness (QED) is 0.752. The molecule has 0 fully saturated rings. The number of rotatable bonds is 2. The Morgan fingerprint density at radius 3 is 2.40 bits per heavy atom. The Labute approximate surface area is 119 Å². The second kappa shape index (κ2) is 5.40. The van der Waals surface area contributed by atoms with E-state index in [4.69, 9.17) is 11.6 Å². The monoisotopic (exact) mass is 300 g/mol. The molecule has 2 aromatic rings. The van der Waals surface area contributed by atoms with E-state index in [-0.39, 0.29) is 5.15 Å². The largest absolute Gasteiger partial charge is 0.416 e. The van der Waals surface area contributed by atoms with E-state index >= 15 is 0 Å². The van der Waals surface area contributed by atoms with Gasteiger partial charge in [-0.2, -0.15) is 13.2 Å². The number of hydrogen-bond donors (Lipinski definition) is 0. The number of aryl methyl sites for hydroxylation is 2. The molecule has 0 aliphatic carbocycles. The van der Waals surface area contributed by atoms with Crippen LogP contribution in [-0.4, -0.2) is 9.97 Å². The van der Waals surface area contributed by atoms with Crippen LogP contribution >= 0.6 is 11.6 Å². The van der Waals surface area contributed by atoms with Crippen molar-refractivity contribution in [3.8, 4) is 11.3 Å². The molecule has 0 aliphatic heterocycles. The smallest absolute Gasteiger partial charge is 0.233 e. The zero-order chi connectivity index (χ0) is 14.9. The van der Waals surface area contributed by atoms with Crippen molar-refractivity contribution in [2.75, 3.05) is 0 Å². The molecule has 0 aliphatic rings. The summed E-state index contributed by atoms with van der Waals surface area (Å²) < 4.78 is 37.9. The summed E-state index contributed by atoms with van der Waals surface area (Å²) in [6.45, 7) is 3.50. The summed E-state index contributed by atoms with van der Waals surface area (Å²) in [7, 11) is 0. The fraction of sp³-hybridized carbons (Fsp3) is 0.286. The lowest BCUT2D eigenvalue weighted by atomic mass is 10.0. The lowest BCUT2D eigenvalue weighted by molar-refractivity contribution is -0.137. The maximum atomic E-state index is 12.6. The van der Waals surface area contributed by atoms with Crippen LogP contribution < -0.4 is 0 Å². The van der Waals surface area contributed by atoms with Gasteiger partial charge in [0.25, 0.3) is 0 Å². The number of hydrogen-bond acceptors (Lipinski definition) is 2. The Morgan fingerprint density at radius 1 is 1.15 bits per heavy atom. The first kappa shape index (κ1) is 14.8. The lowest BCUT2D eigenvalue weighted by Gasteiger charge is -2.11. The second-order valence-corrected chi connectivity index (χ2v) is 4.76. The van der Waals surface area contributed by atoms with Crippen molar-refractivity contribution in [2.24, 2.45) is 0 Å². The number of halogens is 4. The minimum atomic E-state index is -4.35. The molecule has 0 atom stereocenters. The third-order valence-electron chi connectivity index (χ3n) is 2.89. The Bertz CT molecular complexity index is 639. The lowest BCUT2D eigenvalue weighted by Crippen LogP contribution is -2.05. The van der Waals surface area contributed by atoms with Crippen molar-refractivity contribution in [3.05, 3.63) is 46.4 Å². The van der Waals surface area contributed by atoms with E-state index in [2.05, 4.69) is 9.97 Å². The van der Waals surface area contributed by atoms with Crippen LogP contribution in [0.1, 0.15) is 23.9 Å². The summed E-state index contributed by atoms with van der Waals surface area (Å²) in [5.74, 6) is 0.562. The predicted octanol–water partition coefficient (Wildman–Crippen LogP) is 4.69. The topological polar surface area (TPSA) is 25.8 Å². The van der Waals surface area contributed by atoms with Crippen LogP contribution in [0.15, 0.2) is 24.3 Å². The van der Waals surface area contributed by atoms with Crippen LogP contribution in [0.5, 0.6) is 0 Å². The fourth-order valence-corrected chi connectivity index (χ4v) is 2.09. The van der Waals surface area contributed by atoms with Gasteiger partial charge in [0.1, 0.15) is 11.0 Å². The molecule has 0 N–H and O–H groups in total. The first-order chi connectivity index (χ1) is 9.31. The van der Waals surface area contributed by atoms with Gasteiger partial charge >= 0.3 is 6.18 Å². The number of benzene rings is 1. The Hall–Kier alpha value is -1.62. The second-order valence-electron chi connectivity index (χ2n) is 4.37. The molecule has 1 aromatic heterocycles. The molecule has 1 aromatic carbocycles. The van der Waals surface area contributed by atoms with Gasteiger partial charge in [-0.05, 0) is 24.6 Å². The van der Waals surface area contributed by atoms with Crippen molar-refractivity contribution >= 4 is 11.6 Å². The van der Waals surface area contributed by atoms with Gasteiger partial charge in [0, 0.05) is 18.1 Å². The van der Waals surface area contributed by atoms with Crippen LogP contribution in [0.4, 0.5) is 13.2 Å². The summed E-state index contributed by atoms with van der Waals surface area (Å²) in [5, 5.41) is 0.283. The van der Waals surface area contributed by atoms with Crippen LogP contribution in [0, 0.1) is 6.92 Å². The van der Waals surface area contributed by atoms with Crippen molar-refractivity contribution < 1.29 is 13.2 Å². The summed E-state index contributed by atoms with van der Waals surface area (Å²) >= 11 is 5.90. The predicted molar refractivity (Wildman–Crippen MR) is 71.6 cm³/mol. The third-order valence-corrected chi connectivity index (χ3v) is 3.08. The molecule has 0 unspecified atom stereocenters. The number of aromatic nitrogens is 2. The molecule has 0 spiro atoms. The van der Waals surface area contributed by atoms with Gasteiger partial charge in [0.05, 0.1) is 11.3 Å². The standard InChI is InChI=1S/C14H12ClF3N2/c1-3-13-19-11(7-12(15)20-13)10-5-4-9(6-8(10)2)14(16,17)18/h4-7H,3H2,1-2H3. The van der Waals surface area contributed by atoms with E-state index < -0.39 is 11.7 Å². The van der Waals surface area contributed by atoms with E-state index in [0.29, 0.717) is 29.1 Å². The van der Waals surface area contributed by atoms with Crippen molar-refractivity contribution in [1.29, 1.82) is 0 Å². The van der Waals surface area contributed by atoms with Crippen LogP contribution in [0.3, 0.4) is 0 Å². The molecule has 0 bridgehead atoms. The number of alkyl halides is 3. The molecular formula is C14H12ClF3N2. The average molecular weight is 301 g/mol. The fourth-order valence-electron chi connectivity index (χ4n) is 1.89. The normalized spacial score (nSPS) is 11.7. The molecular weight excluding hydrogens is 289 g/mol. The first-order valence-corrected chi connectivity index (χ1v) is 6.40. The summed E-state index contributed by atoms with van der Waals surface area (Å²) in [4.78, 5) is 8.34. The van der Waals surface area contributed by atoms with Gasteiger partial charge in [0.15, 0.2) is 0 Å². The van der Waals surface area contributed by atoms with E-state index in [1.165, 1.54) is 6.07 Å². The Morgan fingerprint density at radius 2 is 1.85 bits per heavy atom. The van der Waals surface area contributed by atoms with Gasteiger partial charge in [-0.3, -0.25) is 0 Å². The minimum Gasteiger partial charge on any atom is -0.233 e. The van der Waals surface area contributed by atoms with Crippen molar-refractivity contribution in [1.82, 2.24) is 9.97 Å². The van der Waals surface area contributed by atoms with E-state index in [9.17, 15) is 13.2 Å². The molecule has 2 nitrogen and oxygen atoms in total. The first-order valence-electron chi connectivity index (χ1n) is 6.03. The average Bonchev–Trinajstić information content (AvgIpc) is 2.36. The van der Waals surface area contributed by atoms with Crippen molar-refractivity contribution in [3.63, 3.8) is 0 Å². The zero-order valence-corrected chi connectivity index (χ0v) is 11.7. The van der Waals surface area contributed by atoms with Crippen molar-refractivity contribution in [2.45, 2.75) is 26.4 Å². The highest BCUT2D eigenvalue weighted by atomic mass is 35.5. The molecule has 106 valence electrons. The third kappa shape index (κ3) is 3.10. The van der Waals surface area contributed by atoms with Gasteiger partial charge in [-0.25, -0.2) is 9.97 Å². The molecule has 1 heterocycles. The van der Waals surface area contributed by atoms with E-state index in [1.807, 2.05) is 6.92 Å². The maximum Gasteiger partial charge on any atom is 0.416 e. The summed E-state index contributed by atoms with van der Waals surface area (Å²) in [6.07, 6.45) is -3.74. The van der Waals surface area contributed by atoms with E-state index in [1.54, 1.807) is 13.0 Å². The van der Waals surface area contributed by atoms with Gasteiger partial charge in [-0.15, -0.1) is 0 Å². The van der Waals surface area contributed by atoms with E-state index in [0.717, 1.165) is 12.1 Å². The van der Waals surface area contributed by atoms with Gasteiger partial charge in [0.2, 0.25) is 0 Å². The highest BCUT2D eigenvalue weighted by molar-refractivity contribution is 6.29. The molecule has 0 saturated heterocycles. The molecule has 2 rings (SSSR count). The number of nitrogens with zero attached hydrogens (tertiary/aromatic N) is 2. The molecule has 0 saturated carbocycles. The van der Waals surface area contributed by atoms with Gasteiger partial charge in [-0.1, -0.05) is 24.6 Å². The molecule has 20 heavy (non-hydrogen) atoms. The van der Waals surface area contributed by atoms with Gasteiger partial charge < -0.3 is 0 Å². The maximum absolute atomic E-state index is 12.6. The Balaban J connectivity index is 2.51. The Kier molecular flexibility index (Phi) is 3.99. The molecule has 6 heteroatoms. The SMILES string of the molecule is CCc1nc(Cl)cc(-c2ccc(C(F)(F)F)cc2C)n1. The van der Waals surface area contributed by atoms with Crippen LogP contribution in [-0.2, 0) is 12.6 Å².